The van der Waals surface area contributed by atoms with Gasteiger partial charge >= 0.3 is 0 Å². The van der Waals surface area contributed by atoms with Gasteiger partial charge in [-0.05, 0) is 51.4 Å². The number of likely N-dealkylation sites (tertiary alicyclic amines) is 1. The highest BCUT2D eigenvalue weighted by Crippen LogP contribution is 2.33. The molecule has 3 atom stereocenters. The fourth-order valence-corrected chi connectivity index (χ4v) is 3.91. The van der Waals surface area contributed by atoms with E-state index >= 15 is 0 Å². The molecule has 0 bridgehead atoms. The monoisotopic (exact) mass is 280 g/mol. The minimum absolute atomic E-state index is 0.367. The Morgan fingerprint density at radius 2 is 2.05 bits per heavy atom. The second-order valence-electron chi connectivity index (χ2n) is 7.77. The summed E-state index contributed by atoms with van der Waals surface area (Å²) in [5, 5.41) is 3.78. The van der Waals surface area contributed by atoms with Crippen molar-refractivity contribution in [2.24, 2.45) is 11.3 Å². The molecule has 1 aliphatic carbocycles. The number of nitrogens with zero attached hydrogens (tertiary/aromatic N) is 1. The summed E-state index contributed by atoms with van der Waals surface area (Å²) in [6.07, 6.45) is 8.12. The lowest BCUT2D eigenvalue weighted by Gasteiger charge is -2.45. The predicted octanol–water partition coefficient (Wildman–Crippen LogP) is 2.66. The van der Waals surface area contributed by atoms with E-state index < -0.39 is 0 Å². The van der Waals surface area contributed by atoms with E-state index in [-0.39, 0.29) is 0 Å². The Kier molecular flexibility index (Phi) is 4.68. The maximum absolute atomic E-state index is 5.88. The summed E-state index contributed by atoms with van der Waals surface area (Å²) in [7, 11) is 0. The van der Waals surface area contributed by atoms with E-state index in [1.807, 2.05) is 0 Å². The number of rotatable bonds is 5. The van der Waals surface area contributed by atoms with Gasteiger partial charge in [-0.1, -0.05) is 6.92 Å². The number of hydrogen-bond donors (Lipinski definition) is 1. The van der Waals surface area contributed by atoms with Crippen LogP contribution in [0.3, 0.4) is 0 Å². The highest BCUT2D eigenvalue weighted by Gasteiger charge is 2.38. The van der Waals surface area contributed by atoms with Crippen LogP contribution >= 0.6 is 0 Å². The lowest BCUT2D eigenvalue weighted by Crippen LogP contribution is -2.53. The molecular weight excluding hydrogens is 248 g/mol. The minimum Gasteiger partial charge on any atom is -0.381 e. The van der Waals surface area contributed by atoms with Crippen LogP contribution in [0.1, 0.15) is 52.4 Å². The van der Waals surface area contributed by atoms with Gasteiger partial charge in [-0.2, -0.15) is 0 Å². The first-order valence-corrected chi connectivity index (χ1v) is 8.72. The van der Waals surface area contributed by atoms with Crippen LogP contribution in [0.15, 0.2) is 0 Å². The first-order chi connectivity index (χ1) is 9.67. The molecule has 3 aliphatic rings. The Hall–Kier alpha value is -0.120. The van der Waals surface area contributed by atoms with Crippen LogP contribution in [-0.4, -0.2) is 49.8 Å². The van der Waals surface area contributed by atoms with Crippen molar-refractivity contribution in [3.8, 4) is 0 Å². The van der Waals surface area contributed by atoms with Gasteiger partial charge in [0.25, 0.3) is 0 Å². The normalized spacial score (nSPS) is 39.9. The van der Waals surface area contributed by atoms with Gasteiger partial charge in [-0.15, -0.1) is 0 Å². The number of nitrogens with one attached hydrogen (secondary N) is 1. The van der Waals surface area contributed by atoms with Crippen molar-refractivity contribution >= 4 is 0 Å². The second kappa shape index (κ2) is 6.33. The fraction of sp³-hybridized carbons (Fsp3) is 1.00. The molecule has 2 aliphatic heterocycles. The van der Waals surface area contributed by atoms with Crippen LogP contribution < -0.4 is 5.32 Å². The third-order valence-electron chi connectivity index (χ3n) is 5.53. The molecule has 3 fully saturated rings. The molecule has 3 unspecified atom stereocenters. The fourth-order valence-electron chi connectivity index (χ4n) is 3.91. The average Bonchev–Trinajstić information content (AvgIpc) is 3.26. The SMILES string of the molecule is CC1CCC(C)N(CC2(CNC3CC3)CCCOC2)C1. The topological polar surface area (TPSA) is 24.5 Å². The van der Waals surface area contributed by atoms with Crippen molar-refractivity contribution in [2.45, 2.75) is 64.5 Å². The lowest BCUT2D eigenvalue weighted by atomic mass is 9.80. The molecule has 3 nitrogen and oxygen atoms in total. The Morgan fingerprint density at radius 3 is 2.75 bits per heavy atom. The van der Waals surface area contributed by atoms with Gasteiger partial charge in [-0.25, -0.2) is 0 Å². The van der Waals surface area contributed by atoms with Crippen molar-refractivity contribution in [3.05, 3.63) is 0 Å². The Labute approximate surface area is 124 Å². The molecule has 0 amide bonds. The molecule has 0 aromatic heterocycles. The number of ether oxygens (including phenoxy) is 1. The van der Waals surface area contributed by atoms with E-state index in [0.29, 0.717) is 5.41 Å². The molecule has 0 aromatic rings. The molecule has 3 heteroatoms. The highest BCUT2D eigenvalue weighted by atomic mass is 16.5. The van der Waals surface area contributed by atoms with Crippen LogP contribution in [0, 0.1) is 11.3 Å². The number of piperidine rings is 1. The zero-order valence-corrected chi connectivity index (χ0v) is 13.4. The summed E-state index contributed by atoms with van der Waals surface area (Å²) < 4.78 is 5.88. The van der Waals surface area contributed by atoms with Gasteiger partial charge in [0.15, 0.2) is 0 Å². The van der Waals surface area contributed by atoms with E-state index in [1.54, 1.807) is 0 Å². The summed E-state index contributed by atoms with van der Waals surface area (Å²) in [4.78, 5) is 2.75. The van der Waals surface area contributed by atoms with Gasteiger partial charge < -0.3 is 10.1 Å². The van der Waals surface area contributed by atoms with Crippen LogP contribution in [0.4, 0.5) is 0 Å². The first-order valence-electron chi connectivity index (χ1n) is 8.72. The summed E-state index contributed by atoms with van der Waals surface area (Å²) in [6, 6.07) is 1.57. The lowest BCUT2D eigenvalue weighted by molar-refractivity contribution is -0.0401. The summed E-state index contributed by atoms with van der Waals surface area (Å²) in [6.45, 7) is 10.4. The standard InChI is InChI=1S/C17H32N2O/c1-14-4-5-15(2)19(10-14)12-17(8-3-9-20-13-17)11-18-16-6-7-16/h14-16,18H,3-13H2,1-2H3. The molecule has 0 spiro atoms. The third-order valence-corrected chi connectivity index (χ3v) is 5.53. The van der Waals surface area contributed by atoms with E-state index in [1.165, 1.54) is 51.6 Å². The van der Waals surface area contributed by atoms with Gasteiger partial charge in [-0.3, -0.25) is 4.90 Å². The molecular formula is C17H32N2O. The highest BCUT2D eigenvalue weighted by molar-refractivity contribution is 4.93. The Balaban J connectivity index is 1.61. The maximum atomic E-state index is 5.88. The average molecular weight is 280 g/mol. The first kappa shape index (κ1) is 14.8. The molecule has 2 heterocycles. The summed E-state index contributed by atoms with van der Waals surface area (Å²) in [5.41, 5.74) is 0.367. The van der Waals surface area contributed by atoms with Crippen molar-refractivity contribution in [1.29, 1.82) is 0 Å². The zero-order valence-electron chi connectivity index (χ0n) is 13.4. The molecule has 1 saturated carbocycles. The van der Waals surface area contributed by atoms with Crippen molar-refractivity contribution < 1.29 is 4.74 Å². The molecule has 0 aromatic carbocycles. The molecule has 0 radical (unpaired) electrons. The maximum Gasteiger partial charge on any atom is 0.0546 e. The van der Waals surface area contributed by atoms with E-state index in [2.05, 4.69) is 24.1 Å². The Morgan fingerprint density at radius 1 is 1.20 bits per heavy atom. The van der Waals surface area contributed by atoms with Crippen molar-refractivity contribution in [3.63, 3.8) is 0 Å². The number of hydrogen-bond acceptors (Lipinski definition) is 3. The largest absolute Gasteiger partial charge is 0.381 e. The smallest absolute Gasteiger partial charge is 0.0546 e. The minimum atomic E-state index is 0.367. The van der Waals surface area contributed by atoms with Crippen molar-refractivity contribution in [1.82, 2.24) is 10.2 Å². The zero-order chi connectivity index (χ0) is 14.0. The van der Waals surface area contributed by atoms with Crippen LogP contribution in [0.2, 0.25) is 0 Å². The van der Waals surface area contributed by atoms with E-state index in [0.717, 1.165) is 37.8 Å². The summed E-state index contributed by atoms with van der Waals surface area (Å²) >= 11 is 0. The van der Waals surface area contributed by atoms with Gasteiger partial charge in [0.2, 0.25) is 0 Å². The molecule has 3 rings (SSSR count). The molecule has 20 heavy (non-hydrogen) atoms. The van der Waals surface area contributed by atoms with Gasteiger partial charge in [0.1, 0.15) is 0 Å². The van der Waals surface area contributed by atoms with E-state index in [4.69, 9.17) is 4.74 Å². The quantitative estimate of drug-likeness (QED) is 0.838. The van der Waals surface area contributed by atoms with Crippen LogP contribution in [-0.2, 0) is 4.74 Å². The van der Waals surface area contributed by atoms with Crippen LogP contribution in [0.25, 0.3) is 0 Å². The van der Waals surface area contributed by atoms with Crippen molar-refractivity contribution in [2.75, 3.05) is 32.8 Å². The molecule has 1 N–H and O–H groups in total. The van der Waals surface area contributed by atoms with E-state index in [9.17, 15) is 0 Å². The third kappa shape index (κ3) is 3.75. The summed E-state index contributed by atoms with van der Waals surface area (Å²) in [5.74, 6) is 0.865. The second-order valence-corrected chi connectivity index (χ2v) is 7.77. The van der Waals surface area contributed by atoms with Gasteiger partial charge in [0, 0.05) is 43.7 Å². The molecule has 116 valence electrons. The molecule has 2 saturated heterocycles. The Bertz CT molecular complexity index is 310. The van der Waals surface area contributed by atoms with Crippen LogP contribution in [0.5, 0.6) is 0 Å². The van der Waals surface area contributed by atoms with Gasteiger partial charge in [0.05, 0.1) is 6.61 Å². The predicted molar refractivity (Wildman–Crippen MR) is 82.9 cm³/mol.